The Bertz CT molecular complexity index is 1340. The van der Waals surface area contributed by atoms with Crippen LogP contribution in [0.5, 0.6) is 0 Å². The number of nitrogens with one attached hydrogen (secondary N) is 1. The minimum atomic E-state index is -0.571. The van der Waals surface area contributed by atoms with Crippen LogP contribution in [0, 0.1) is 5.82 Å². The molecule has 1 heterocycles. The summed E-state index contributed by atoms with van der Waals surface area (Å²) in [6, 6.07) is 18.2. The molecule has 4 aromatic rings. The summed E-state index contributed by atoms with van der Waals surface area (Å²) >= 11 is 18.6. The van der Waals surface area contributed by atoms with Crippen molar-refractivity contribution in [3.8, 4) is 0 Å². The van der Waals surface area contributed by atoms with Crippen molar-refractivity contribution in [3.05, 3.63) is 117 Å². The average Bonchev–Trinajstić information content (AvgIpc) is 3.32. The molecule has 0 saturated heterocycles. The predicted octanol–water partition coefficient (Wildman–Crippen LogP) is 7.03. The molecule has 0 spiro atoms. The number of hydrogen-bond acceptors (Lipinski definition) is 2. The van der Waals surface area contributed by atoms with Crippen molar-refractivity contribution >= 4 is 46.4 Å². The molecule has 1 N–H and O–H groups in total. The number of ether oxygens (including phenoxy) is 1. The lowest BCUT2D eigenvalue weighted by Crippen LogP contribution is -2.36. The zero-order valence-corrected chi connectivity index (χ0v) is 21.6. The molecule has 0 aliphatic heterocycles. The zero-order valence-electron chi connectivity index (χ0n) is 19.4. The Labute approximate surface area is 224 Å². The van der Waals surface area contributed by atoms with Crippen LogP contribution >= 0.6 is 34.8 Å². The van der Waals surface area contributed by atoms with Crippen LogP contribution in [0.25, 0.3) is 0 Å². The number of carbonyl (C=O) groups excluding carboxylic acids is 1. The summed E-state index contributed by atoms with van der Waals surface area (Å²) in [5, 5.41) is 4.32. The maximum Gasteiger partial charge on any atom is 0.269 e. The molecule has 2 atom stereocenters. The molecule has 0 saturated carbocycles. The molecule has 1 amide bonds. The second-order valence-electron chi connectivity index (χ2n) is 8.29. The Hall–Kier alpha value is -2.90. The highest BCUT2D eigenvalue weighted by Gasteiger charge is 2.24. The SMILES string of the molecule is CC(C(=O)Nc1ccccc1F)n1cc[n+](CC(OCc2ccc(Cl)cc2)c2ccc(Cl)cc2Cl)c1. The number of para-hydroxylation sites is 1. The minimum Gasteiger partial charge on any atom is -0.365 e. The molecule has 2 unspecified atom stereocenters. The number of anilines is 1. The van der Waals surface area contributed by atoms with Crippen LogP contribution in [-0.4, -0.2) is 10.5 Å². The zero-order chi connectivity index (χ0) is 25.7. The first-order valence-electron chi connectivity index (χ1n) is 11.2. The monoisotopic (exact) mass is 546 g/mol. The van der Waals surface area contributed by atoms with Crippen LogP contribution in [0.3, 0.4) is 0 Å². The molecule has 0 aliphatic carbocycles. The fourth-order valence-corrected chi connectivity index (χ4v) is 4.31. The summed E-state index contributed by atoms with van der Waals surface area (Å²) in [6.07, 6.45) is 5.03. The molecule has 0 bridgehead atoms. The Morgan fingerprint density at radius 1 is 1.06 bits per heavy atom. The van der Waals surface area contributed by atoms with E-state index in [2.05, 4.69) is 5.32 Å². The molecule has 9 heteroatoms. The van der Waals surface area contributed by atoms with Gasteiger partial charge in [-0.25, -0.2) is 13.5 Å². The number of imidazole rings is 1. The summed E-state index contributed by atoms with van der Waals surface area (Å²) in [5.74, 6) is -0.819. The van der Waals surface area contributed by atoms with Gasteiger partial charge >= 0.3 is 0 Å². The van der Waals surface area contributed by atoms with Gasteiger partial charge in [0.05, 0.1) is 12.3 Å². The standard InChI is InChI=1S/C27H23Cl3FN3O2/c1-18(27(35)32-25-5-3-2-4-24(25)31)34-13-12-33(17-34)15-26(22-11-10-21(29)14-23(22)30)36-16-19-6-8-20(28)9-7-19/h2-14,17-18,26H,15-16H2,1H3/p+1. The van der Waals surface area contributed by atoms with E-state index in [4.69, 9.17) is 39.5 Å². The van der Waals surface area contributed by atoms with Gasteiger partial charge in [-0.05, 0) is 48.9 Å². The number of rotatable bonds is 9. The van der Waals surface area contributed by atoms with Gasteiger partial charge in [-0.2, -0.15) is 0 Å². The Balaban J connectivity index is 1.49. The smallest absolute Gasteiger partial charge is 0.269 e. The van der Waals surface area contributed by atoms with Crippen molar-refractivity contribution < 1.29 is 18.5 Å². The number of amides is 1. The number of hydrogen-bond donors (Lipinski definition) is 1. The molecule has 0 aliphatic rings. The third kappa shape index (κ3) is 6.65. The second kappa shape index (κ2) is 11.9. The quantitative estimate of drug-likeness (QED) is 0.229. The van der Waals surface area contributed by atoms with Gasteiger partial charge in [0.2, 0.25) is 6.33 Å². The fourth-order valence-electron chi connectivity index (χ4n) is 3.66. The number of aromatic nitrogens is 2. The van der Waals surface area contributed by atoms with Crippen LogP contribution < -0.4 is 9.88 Å². The van der Waals surface area contributed by atoms with Gasteiger partial charge in [0.1, 0.15) is 30.9 Å². The molecule has 0 fully saturated rings. The first-order chi connectivity index (χ1) is 17.3. The maximum absolute atomic E-state index is 13.9. The fraction of sp³-hybridized carbons (Fsp3) is 0.185. The van der Waals surface area contributed by atoms with Crippen molar-refractivity contribution in [2.75, 3.05) is 5.32 Å². The summed E-state index contributed by atoms with van der Waals surface area (Å²) in [4.78, 5) is 12.7. The van der Waals surface area contributed by atoms with Gasteiger partial charge < -0.3 is 10.1 Å². The van der Waals surface area contributed by atoms with Crippen molar-refractivity contribution in [2.24, 2.45) is 0 Å². The van der Waals surface area contributed by atoms with Crippen LogP contribution in [0.15, 0.2) is 85.5 Å². The van der Waals surface area contributed by atoms with Crippen LogP contribution in [0.2, 0.25) is 15.1 Å². The Morgan fingerprint density at radius 3 is 2.50 bits per heavy atom. The number of nitrogens with zero attached hydrogens (tertiary/aromatic N) is 2. The van der Waals surface area contributed by atoms with Gasteiger partial charge in [-0.1, -0.05) is 65.1 Å². The minimum absolute atomic E-state index is 0.141. The largest absolute Gasteiger partial charge is 0.365 e. The molecular formula is C27H24Cl3FN3O2+. The van der Waals surface area contributed by atoms with E-state index in [1.54, 1.807) is 48.3 Å². The predicted molar refractivity (Wildman–Crippen MR) is 140 cm³/mol. The van der Waals surface area contributed by atoms with Gasteiger partial charge in [0.15, 0.2) is 6.04 Å². The van der Waals surface area contributed by atoms with Gasteiger partial charge in [-0.15, -0.1) is 0 Å². The van der Waals surface area contributed by atoms with Crippen molar-refractivity contribution in [2.45, 2.75) is 32.2 Å². The first-order valence-corrected chi connectivity index (χ1v) is 12.4. The van der Waals surface area contributed by atoms with E-state index in [0.29, 0.717) is 28.2 Å². The highest BCUT2D eigenvalue weighted by molar-refractivity contribution is 6.35. The van der Waals surface area contributed by atoms with Crippen LogP contribution in [0.4, 0.5) is 10.1 Å². The highest BCUT2D eigenvalue weighted by Crippen LogP contribution is 2.30. The van der Waals surface area contributed by atoms with Gasteiger partial charge in [0.25, 0.3) is 5.91 Å². The Kier molecular flexibility index (Phi) is 8.64. The first kappa shape index (κ1) is 26.2. The lowest BCUT2D eigenvalue weighted by Gasteiger charge is -2.18. The summed E-state index contributed by atoms with van der Waals surface area (Å²) < 4.78 is 23.9. The molecule has 3 aromatic carbocycles. The summed E-state index contributed by atoms with van der Waals surface area (Å²) in [5.41, 5.74) is 1.90. The number of benzene rings is 3. The highest BCUT2D eigenvalue weighted by atomic mass is 35.5. The summed E-state index contributed by atoms with van der Waals surface area (Å²) in [7, 11) is 0. The van der Waals surface area contributed by atoms with E-state index >= 15 is 0 Å². The molecule has 0 radical (unpaired) electrons. The molecule has 5 nitrogen and oxygen atoms in total. The lowest BCUT2D eigenvalue weighted by atomic mass is 10.1. The van der Waals surface area contributed by atoms with E-state index in [1.165, 1.54) is 12.1 Å². The third-order valence-corrected chi connectivity index (χ3v) is 6.54. The van der Waals surface area contributed by atoms with E-state index in [1.807, 2.05) is 41.1 Å². The maximum atomic E-state index is 13.9. The number of carbonyl (C=O) groups is 1. The van der Waals surface area contributed by atoms with E-state index < -0.39 is 18.0 Å². The molecule has 1 aromatic heterocycles. The normalized spacial score (nSPS) is 12.8. The average molecular weight is 548 g/mol. The van der Waals surface area contributed by atoms with Gasteiger partial charge in [-0.3, -0.25) is 4.79 Å². The molecule has 36 heavy (non-hydrogen) atoms. The van der Waals surface area contributed by atoms with E-state index in [0.717, 1.165) is 11.1 Å². The van der Waals surface area contributed by atoms with E-state index in [-0.39, 0.29) is 11.6 Å². The summed E-state index contributed by atoms with van der Waals surface area (Å²) in [6.45, 7) is 2.53. The van der Waals surface area contributed by atoms with E-state index in [9.17, 15) is 9.18 Å². The number of halogens is 4. The molecule has 186 valence electrons. The third-order valence-electron chi connectivity index (χ3n) is 5.72. The second-order valence-corrected chi connectivity index (χ2v) is 9.57. The topological polar surface area (TPSA) is 47.1 Å². The molecular weight excluding hydrogens is 524 g/mol. The van der Waals surface area contributed by atoms with Crippen LogP contribution in [-0.2, 0) is 22.7 Å². The van der Waals surface area contributed by atoms with Crippen LogP contribution in [0.1, 0.15) is 30.2 Å². The van der Waals surface area contributed by atoms with Gasteiger partial charge in [0, 0.05) is 20.6 Å². The lowest BCUT2D eigenvalue weighted by molar-refractivity contribution is -0.705. The van der Waals surface area contributed by atoms with Crippen molar-refractivity contribution in [1.29, 1.82) is 0 Å². The molecule has 4 rings (SSSR count). The van der Waals surface area contributed by atoms with Crippen molar-refractivity contribution in [3.63, 3.8) is 0 Å². The van der Waals surface area contributed by atoms with Crippen molar-refractivity contribution in [1.82, 2.24) is 4.57 Å². The Morgan fingerprint density at radius 2 is 1.78 bits per heavy atom.